The second kappa shape index (κ2) is 9.40. The summed E-state index contributed by atoms with van der Waals surface area (Å²) in [5.41, 5.74) is 12.3. The molecular weight excluding hydrogens is 504 g/mol. The molecule has 0 unspecified atom stereocenters. The third kappa shape index (κ3) is 3.85. The molecule has 0 saturated carbocycles. The van der Waals surface area contributed by atoms with Crippen LogP contribution in [0.3, 0.4) is 0 Å². The molecule has 6 rings (SSSR count). The highest BCUT2D eigenvalue weighted by Gasteiger charge is 2.35. The Bertz CT molecular complexity index is 1840. The van der Waals surface area contributed by atoms with E-state index in [9.17, 15) is 19.5 Å². The maximum atomic E-state index is 13.3. The van der Waals surface area contributed by atoms with E-state index in [-0.39, 0.29) is 30.5 Å². The van der Waals surface area contributed by atoms with Gasteiger partial charge in [0, 0.05) is 58.1 Å². The van der Waals surface area contributed by atoms with Crippen molar-refractivity contribution in [1.82, 2.24) is 19.9 Å². The molecular formula is C32H32N4O4. The third-order valence-electron chi connectivity index (χ3n) is 8.94. The summed E-state index contributed by atoms with van der Waals surface area (Å²) in [6, 6.07) is 5.89. The Hall–Kier alpha value is -4.33. The summed E-state index contributed by atoms with van der Waals surface area (Å²) in [6.45, 7) is 10.1. The third-order valence-corrected chi connectivity index (χ3v) is 8.94. The van der Waals surface area contributed by atoms with Crippen LogP contribution in [0.5, 0.6) is 0 Å². The summed E-state index contributed by atoms with van der Waals surface area (Å²) in [5.74, 6) is -1.03. The fourth-order valence-corrected chi connectivity index (χ4v) is 6.59. The number of hydrogen-bond acceptors (Lipinski definition) is 5. The quantitative estimate of drug-likeness (QED) is 0.316. The first-order chi connectivity index (χ1) is 19.1. The van der Waals surface area contributed by atoms with Crippen LogP contribution in [0.15, 0.2) is 18.2 Å². The minimum absolute atomic E-state index is 0.0119. The zero-order valence-electron chi connectivity index (χ0n) is 23.4. The molecule has 0 fully saturated rings. The lowest BCUT2D eigenvalue weighted by atomic mass is 9.85. The maximum absolute atomic E-state index is 13.3. The Kier molecular flexibility index (Phi) is 6.09. The van der Waals surface area contributed by atoms with Crippen LogP contribution in [0.25, 0.3) is 33.2 Å². The normalized spacial score (nSPS) is 18.1. The number of nitrogens with one attached hydrogen (secondary N) is 2. The lowest BCUT2D eigenvalue weighted by molar-refractivity contribution is -0.137. The van der Waals surface area contributed by atoms with Gasteiger partial charge in [0.05, 0.1) is 28.1 Å². The zero-order valence-corrected chi connectivity index (χ0v) is 23.4. The standard InChI is InChI=1S/C32H32N4O4/c1-6-18-14(2)23-11-27-21(13-37)16(4)22(34-27)10-24-15(3)19(7-8-29(39)40)31(35-24)20-9-28(38)30-17(5)25(36-32(20)30)12-26(18)33-23/h10-13,15,19,34,36H,6-9H2,1-5H3,(H,39,40)/t15-,19-/m0/s1. The molecule has 40 heavy (non-hydrogen) atoms. The molecule has 3 N–H and O–H groups in total. The highest BCUT2D eigenvalue weighted by atomic mass is 16.4. The number of ketones is 1. The molecule has 5 heterocycles. The van der Waals surface area contributed by atoms with Gasteiger partial charge in [0.25, 0.3) is 0 Å². The minimum atomic E-state index is -0.859. The SMILES string of the molecule is CCC1=C(C)c2cc3[nH]c(cc4nc(c5c6[nH]c(cc1n2)c(C)c6C(=O)C5)[C@@H](CCC(=O)O)[C@@H]4C)c(C)c3C=O. The molecule has 0 radical (unpaired) electrons. The number of carboxylic acids is 1. The number of aliphatic carboxylic acids is 1. The van der Waals surface area contributed by atoms with Crippen molar-refractivity contribution in [3.8, 4) is 0 Å². The van der Waals surface area contributed by atoms with Gasteiger partial charge >= 0.3 is 5.97 Å². The molecule has 8 heteroatoms. The van der Waals surface area contributed by atoms with Crippen molar-refractivity contribution in [2.75, 3.05) is 0 Å². The van der Waals surface area contributed by atoms with Crippen LogP contribution < -0.4 is 0 Å². The van der Waals surface area contributed by atoms with E-state index in [4.69, 9.17) is 9.97 Å². The van der Waals surface area contributed by atoms with Crippen molar-refractivity contribution >= 4 is 51.3 Å². The number of H-pyrrole nitrogens is 2. The van der Waals surface area contributed by atoms with Gasteiger partial charge in [-0.25, -0.2) is 4.98 Å². The van der Waals surface area contributed by atoms with Crippen LogP contribution in [0.4, 0.5) is 0 Å². The van der Waals surface area contributed by atoms with E-state index >= 15 is 0 Å². The molecule has 204 valence electrons. The maximum Gasteiger partial charge on any atom is 0.303 e. The van der Waals surface area contributed by atoms with Crippen LogP contribution in [-0.4, -0.2) is 43.1 Å². The van der Waals surface area contributed by atoms with Crippen molar-refractivity contribution < 1.29 is 19.5 Å². The number of nitrogens with zero attached hydrogens (tertiary/aromatic N) is 2. The number of rotatable bonds is 5. The zero-order chi connectivity index (χ0) is 28.5. The average Bonchev–Trinajstić information content (AvgIpc) is 3.65. The Morgan fingerprint density at radius 1 is 1.05 bits per heavy atom. The summed E-state index contributed by atoms with van der Waals surface area (Å²) < 4.78 is 0. The number of aryl methyl sites for hydroxylation is 2. The van der Waals surface area contributed by atoms with Crippen LogP contribution >= 0.6 is 0 Å². The van der Waals surface area contributed by atoms with E-state index in [0.29, 0.717) is 23.1 Å². The number of carbonyl (C=O) groups is 3. The lowest BCUT2D eigenvalue weighted by Crippen LogP contribution is -2.08. The van der Waals surface area contributed by atoms with Gasteiger partial charge in [-0.15, -0.1) is 0 Å². The van der Waals surface area contributed by atoms with Gasteiger partial charge in [-0.1, -0.05) is 13.8 Å². The van der Waals surface area contributed by atoms with Gasteiger partial charge in [0.2, 0.25) is 0 Å². The Morgan fingerprint density at radius 3 is 2.48 bits per heavy atom. The number of carbonyl (C=O) groups excluding carboxylic acids is 2. The largest absolute Gasteiger partial charge is 0.481 e. The predicted octanol–water partition coefficient (Wildman–Crippen LogP) is 6.58. The molecule has 0 saturated heterocycles. The van der Waals surface area contributed by atoms with E-state index in [1.165, 1.54) is 0 Å². The number of fused-ring (bicyclic) bond motifs is 8. The summed E-state index contributed by atoms with van der Waals surface area (Å²) in [7, 11) is 0. The number of aldehydes is 1. The molecule has 0 aromatic carbocycles. The first-order valence-electron chi connectivity index (χ1n) is 13.8. The minimum Gasteiger partial charge on any atom is -0.481 e. The summed E-state index contributed by atoms with van der Waals surface area (Å²) in [6.07, 6.45) is 2.32. The summed E-state index contributed by atoms with van der Waals surface area (Å²) in [4.78, 5) is 54.0. The molecule has 3 aromatic heterocycles. The van der Waals surface area contributed by atoms with Crippen molar-refractivity contribution in [2.45, 2.75) is 72.1 Å². The van der Waals surface area contributed by atoms with Crippen molar-refractivity contribution in [3.05, 3.63) is 68.8 Å². The van der Waals surface area contributed by atoms with Crippen molar-refractivity contribution in [3.63, 3.8) is 0 Å². The van der Waals surface area contributed by atoms with Crippen molar-refractivity contribution in [1.29, 1.82) is 0 Å². The molecule has 1 aliphatic carbocycles. The number of hydrogen-bond donors (Lipinski definition) is 3. The molecule has 2 aliphatic heterocycles. The number of aromatic amines is 2. The topological polar surface area (TPSA) is 129 Å². The number of allylic oxidation sites excluding steroid dienone is 2. The van der Waals surface area contributed by atoms with E-state index < -0.39 is 5.97 Å². The van der Waals surface area contributed by atoms with Gasteiger partial charge < -0.3 is 15.1 Å². The molecule has 8 bridgehead atoms. The van der Waals surface area contributed by atoms with Gasteiger partial charge in [0.1, 0.15) is 0 Å². The van der Waals surface area contributed by atoms with Crippen LogP contribution in [0.2, 0.25) is 0 Å². The molecule has 8 nitrogen and oxygen atoms in total. The number of Topliss-reactive ketones (excluding diaryl/α,β-unsaturated/α-hetero) is 1. The van der Waals surface area contributed by atoms with E-state index in [1.54, 1.807) is 0 Å². The number of carboxylic acid groups (broad SMARTS) is 1. The number of aromatic nitrogens is 4. The second-order valence-corrected chi connectivity index (χ2v) is 11.1. The highest BCUT2D eigenvalue weighted by molar-refractivity contribution is 6.13. The van der Waals surface area contributed by atoms with Gasteiger partial charge in [-0.3, -0.25) is 19.4 Å². The fourth-order valence-electron chi connectivity index (χ4n) is 6.59. The Labute approximate surface area is 231 Å². The van der Waals surface area contributed by atoms with Gasteiger partial charge in [0.15, 0.2) is 12.1 Å². The van der Waals surface area contributed by atoms with Crippen LogP contribution in [0, 0.1) is 13.8 Å². The Balaban J connectivity index is 1.77. The van der Waals surface area contributed by atoms with Crippen LogP contribution in [-0.2, 0) is 11.2 Å². The molecule has 0 spiro atoms. The molecule has 0 amide bonds. The van der Waals surface area contributed by atoms with Gasteiger partial charge in [-0.05, 0) is 74.1 Å². The monoisotopic (exact) mass is 536 g/mol. The molecule has 3 aliphatic rings. The van der Waals surface area contributed by atoms with E-state index in [1.807, 2.05) is 39.0 Å². The van der Waals surface area contributed by atoms with Gasteiger partial charge in [-0.2, -0.15) is 0 Å². The second-order valence-electron chi connectivity index (χ2n) is 11.1. The van der Waals surface area contributed by atoms with Crippen LogP contribution in [0.1, 0.15) is 112 Å². The smallest absolute Gasteiger partial charge is 0.303 e. The van der Waals surface area contributed by atoms with E-state index in [0.717, 1.165) is 79.9 Å². The lowest BCUT2D eigenvalue weighted by Gasteiger charge is -2.16. The first kappa shape index (κ1) is 25.9. The molecule has 2 atom stereocenters. The summed E-state index contributed by atoms with van der Waals surface area (Å²) in [5, 5.41) is 9.47. The average molecular weight is 537 g/mol. The summed E-state index contributed by atoms with van der Waals surface area (Å²) >= 11 is 0. The van der Waals surface area contributed by atoms with E-state index in [2.05, 4.69) is 23.8 Å². The Morgan fingerprint density at radius 2 is 1.77 bits per heavy atom. The first-order valence-corrected chi connectivity index (χ1v) is 13.8. The predicted molar refractivity (Wildman–Crippen MR) is 155 cm³/mol. The highest BCUT2D eigenvalue weighted by Crippen LogP contribution is 2.44. The van der Waals surface area contributed by atoms with Crippen molar-refractivity contribution in [2.24, 2.45) is 0 Å². The fraction of sp³-hybridized carbons (Fsp3) is 0.344. The molecule has 3 aromatic rings.